The Morgan fingerprint density at radius 3 is 2.52 bits per heavy atom. The molecular weight excluding hydrogens is 380 g/mol. The van der Waals surface area contributed by atoms with E-state index in [0.717, 1.165) is 41.5 Å². The number of piperazine rings is 1. The summed E-state index contributed by atoms with van der Waals surface area (Å²) in [4.78, 5) is 38.8. The zero-order valence-corrected chi connectivity index (χ0v) is 18.3. The predicted octanol–water partition coefficient (Wildman–Crippen LogP) is 2.78. The molecule has 0 aliphatic carbocycles. The fraction of sp³-hybridized carbons (Fsp3) is 0.632. The van der Waals surface area contributed by atoms with Crippen molar-refractivity contribution < 1.29 is 4.79 Å². The summed E-state index contributed by atoms with van der Waals surface area (Å²) in [5.74, 6) is 1.35. The highest BCUT2D eigenvalue weighted by Gasteiger charge is 2.26. The van der Waals surface area contributed by atoms with Crippen LogP contribution in [0.3, 0.4) is 0 Å². The Balaban J connectivity index is 1.60. The van der Waals surface area contributed by atoms with Crippen LogP contribution in [0.5, 0.6) is 0 Å². The monoisotopic (exact) mass is 408 g/mol. The van der Waals surface area contributed by atoms with Crippen LogP contribution in [-0.4, -0.2) is 63.1 Å². The Morgan fingerprint density at radius 1 is 1.22 bits per heavy atom. The highest BCUT2D eigenvalue weighted by molar-refractivity contribution is 7.99. The lowest BCUT2D eigenvalue weighted by Gasteiger charge is -2.37. The van der Waals surface area contributed by atoms with E-state index < -0.39 is 0 Å². The van der Waals surface area contributed by atoms with Crippen molar-refractivity contribution in [1.82, 2.24) is 19.8 Å². The number of hydrogen-bond donors (Lipinski definition) is 1. The van der Waals surface area contributed by atoms with Gasteiger partial charge in [0.2, 0.25) is 5.91 Å². The Bertz CT molecular complexity index is 882. The smallest absolute Gasteiger partial charge is 0.259 e. The molecule has 1 unspecified atom stereocenters. The number of nitrogens with zero attached hydrogens (tertiary/aromatic N) is 3. The zero-order valence-electron chi connectivity index (χ0n) is 16.7. The maximum atomic E-state index is 12.7. The van der Waals surface area contributed by atoms with Gasteiger partial charge in [0.05, 0.1) is 16.4 Å². The van der Waals surface area contributed by atoms with E-state index in [1.165, 1.54) is 11.8 Å². The molecule has 1 aliphatic rings. The van der Waals surface area contributed by atoms with Crippen LogP contribution in [-0.2, 0) is 10.5 Å². The number of amides is 1. The summed E-state index contributed by atoms with van der Waals surface area (Å²) in [6.45, 7) is 13.7. The summed E-state index contributed by atoms with van der Waals surface area (Å²) in [5.41, 5.74) is 0.924. The van der Waals surface area contributed by atoms with Crippen molar-refractivity contribution in [3.05, 3.63) is 26.6 Å². The third-order valence-electron chi connectivity index (χ3n) is 5.26. The van der Waals surface area contributed by atoms with Gasteiger partial charge in [-0.1, -0.05) is 0 Å². The van der Waals surface area contributed by atoms with Crippen molar-refractivity contribution >= 4 is 39.2 Å². The van der Waals surface area contributed by atoms with Gasteiger partial charge in [0.1, 0.15) is 10.7 Å². The second-order valence-electron chi connectivity index (χ2n) is 7.38. The molecule has 1 aliphatic heterocycles. The van der Waals surface area contributed by atoms with Crippen LogP contribution in [0.2, 0.25) is 0 Å². The number of hydrogen-bond acceptors (Lipinski definition) is 6. The van der Waals surface area contributed by atoms with Crippen molar-refractivity contribution in [3.8, 4) is 0 Å². The average Bonchev–Trinajstić information content (AvgIpc) is 2.93. The van der Waals surface area contributed by atoms with Gasteiger partial charge >= 0.3 is 0 Å². The summed E-state index contributed by atoms with van der Waals surface area (Å²) < 4.78 is 0. The lowest BCUT2D eigenvalue weighted by atomic mass is 10.2. The zero-order chi connectivity index (χ0) is 19.7. The average molecular weight is 409 g/mol. The van der Waals surface area contributed by atoms with Crippen LogP contribution in [0.1, 0.15) is 37.0 Å². The van der Waals surface area contributed by atoms with Gasteiger partial charge in [-0.3, -0.25) is 14.5 Å². The first-order chi connectivity index (χ1) is 12.8. The number of aromatic amines is 1. The van der Waals surface area contributed by atoms with Crippen LogP contribution in [0.25, 0.3) is 10.2 Å². The molecule has 1 fully saturated rings. The maximum absolute atomic E-state index is 12.7. The molecule has 2 aromatic rings. The van der Waals surface area contributed by atoms with Crippen LogP contribution in [0.15, 0.2) is 4.79 Å². The largest absolute Gasteiger partial charge is 0.339 e. The number of H-pyrrole nitrogens is 1. The van der Waals surface area contributed by atoms with Crippen molar-refractivity contribution in [2.24, 2.45) is 0 Å². The van der Waals surface area contributed by atoms with Gasteiger partial charge in [0.15, 0.2) is 0 Å². The third-order valence-corrected chi connectivity index (χ3v) is 7.51. The molecule has 1 N–H and O–H groups in total. The van der Waals surface area contributed by atoms with Crippen molar-refractivity contribution in [3.63, 3.8) is 0 Å². The molecule has 0 aromatic carbocycles. The van der Waals surface area contributed by atoms with Gasteiger partial charge in [-0.05, 0) is 40.2 Å². The first kappa shape index (κ1) is 20.4. The van der Waals surface area contributed by atoms with Gasteiger partial charge in [-0.15, -0.1) is 23.1 Å². The SMILES string of the molecule is Cc1sc2nc(CSC(C)C(=O)N3CCN(C(C)C)CC3)[nH]c(=O)c2c1C. The van der Waals surface area contributed by atoms with Crippen LogP contribution < -0.4 is 5.56 Å². The molecule has 8 heteroatoms. The third kappa shape index (κ3) is 4.38. The molecule has 3 heterocycles. The summed E-state index contributed by atoms with van der Waals surface area (Å²) in [6.07, 6.45) is 0. The summed E-state index contributed by atoms with van der Waals surface area (Å²) in [6, 6.07) is 0.524. The number of thioether (sulfide) groups is 1. The number of thiophene rings is 1. The summed E-state index contributed by atoms with van der Waals surface area (Å²) >= 11 is 3.09. The van der Waals surface area contributed by atoms with Gasteiger partial charge < -0.3 is 9.88 Å². The van der Waals surface area contributed by atoms with Crippen molar-refractivity contribution in [2.75, 3.05) is 26.2 Å². The first-order valence-corrected chi connectivity index (χ1v) is 11.3. The topological polar surface area (TPSA) is 69.3 Å². The molecule has 27 heavy (non-hydrogen) atoms. The molecule has 0 spiro atoms. The van der Waals surface area contributed by atoms with E-state index >= 15 is 0 Å². The lowest BCUT2D eigenvalue weighted by molar-refractivity contribution is -0.132. The number of nitrogens with one attached hydrogen (secondary N) is 1. The van der Waals surface area contributed by atoms with Crippen LogP contribution >= 0.6 is 23.1 Å². The Kier molecular flexibility index (Phi) is 6.28. The number of carbonyl (C=O) groups is 1. The molecule has 2 aromatic heterocycles. The molecule has 0 saturated carbocycles. The minimum absolute atomic E-state index is 0.0822. The van der Waals surface area contributed by atoms with E-state index in [1.54, 1.807) is 11.3 Å². The van der Waals surface area contributed by atoms with Gasteiger partial charge in [-0.25, -0.2) is 4.98 Å². The quantitative estimate of drug-likeness (QED) is 0.824. The molecule has 6 nitrogen and oxygen atoms in total. The molecule has 1 atom stereocenters. The Morgan fingerprint density at radius 2 is 1.89 bits per heavy atom. The highest BCUT2D eigenvalue weighted by Crippen LogP contribution is 2.26. The molecule has 148 valence electrons. The molecule has 1 saturated heterocycles. The van der Waals surface area contributed by atoms with E-state index in [4.69, 9.17) is 0 Å². The number of carbonyl (C=O) groups excluding carboxylic acids is 1. The number of fused-ring (bicyclic) bond motifs is 1. The second kappa shape index (κ2) is 8.32. The summed E-state index contributed by atoms with van der Waals surface area (Å²) in [5, 5.41) is 0.543. The molecule has 0 bridgehead atoms. The number of aromatic nitrogens is 2. The molecule has 1 amide bonds. The van der Waals surface area contributed by atoms with E-state index in [9.17, 15) is 9.59 Å². The fourth-order valence-electron chi connectivity index (χ4n) is 3.36. The molecular formula is C19H28N4O2S2. The Hall–Kier alpha value is -1.38. The minimum Gasteiger partial charge on any atom is -0.339 e. The lowest BCUT2D eigenvalue weighted by Crippen LogP contribution is -2.52. The summed E-state index contributed by atoms with van der Waals surface area (Å²) in [7, 11) is 0. The van der Waals surface area contributed by atoms with E-state index in [2.05, 4.69) is 28.7 Å². The number of rotatable bonds is 5. The number of aryl methyl sites for hydroxylation is 2. The fourth-order valence-corrected chi connectivity index (χ4v) is 5.24. The van der Waals surface area contributed by atoms with Crippen LogP contribution in [0, 0.1) is 13.8 Å². The van der Waals surface area contributed by atoms with E-state index in [1.807, 2.05) is 25.7 Å². The van der Waals surface area contributed by atoms with E-state index in [-0.39, 0.29) is 16.7 Å². The van der Waals surface area contributed by atoms with Crippen LogP contribution in [0.4, 0.5) is 0 Å². The minimum atomic E-state index is -0.150. The van der Waals surface area contributed by atoms with Gasteiger partial charge in [0, 0.05) is 37.1 Å². The molecule has 0 radical (unpaired) electrons. The highest BCUT2D eigenvalue weighted by atomic mass is 32.2. The van der Waals surface area contributed by atoms with Gasteiger partial charge in [-0.2, -0.15) is 0 Å². The van der Waals surface area contributed by atoms with Gasteiger partial charge in [0.25, 0.3) is 5.56 Å². The van der Waals surface area contributed by atoms with E-state index in [0.29, 0.717) is 23.0 Å². The normalized spacial score (nSPS) is 17.0. The van der Waals surface area contributed by atoms with Crippen molar-refractivity contribution in [1.29, 1.82) is 0 Å². The Labute approximate surface area is 168 Å². The first-order valence-electron chi connectivity index (χ1n) is 9.41. The van der Waals surface area contributed by atoms with Crippen molar-refractivity contribution in [2.45, 2.75) is 51.7 Å². The molecule has 3 rings (SSSR count). The second-order valence-corrected chi connectivity index (χ2v) is 9.92. The maximum Gasteiger partial charge on any atom is 0.259 e. The standard InChI is InChI=1S/C19H28N4O2S2/c1-11(2)22-6-8-23(9-7-22)19(25)14(5)26-10-15-20-17(24)16-12(3)13(4)27-18(16)21-15/h11,14H,6-10H2,1-5H3,(H,20,21,24). The predicted molar refractivity (Wildman–Crippen MR) is 114 cm³/mol.